The van der Waals surface area contributed by atoms with Crippen molar-refractivity contribution in [2.24, 2.45) is 0 Å². The molecule has 3 rings (SSSR count). The Morgan fingerprint density at radius 1 is 1.33 bits per heavy atom. The van der Waals surface area contributed by atoms with Gasteiger partial charge in [-0.1, -0.05) is 18.2 Å². The number of thioether (sulfide) groups is 1. The molecule has 0 aliphatic carbocycles. The van der Waals surface area contributed by atoms with Gasteiger partial charge in [-0.15, -0.1) is 18.3 Å². The van der Waals surface area contributed by atoms with E-state index in [9.17, 15) is 4.79 Å². The maximum absolute atomic E-state index is 12.6. The summed E-state index contributed by atoms with van der Waals surface area (Å²) in [7, 11) is 0. The van der Waals surface area contributed by atoms with E-state index >= 15 is 0 Å². The molecule has 27 heavy (non-hydrogen) atoms. The third kappa shape index (κ3) is 4.71. The van der Waals surface area contributed by atoms with Crippen molar-refractivity contribution in [3.63, 3.8) is 0 Å². The Labute approximate surface area is 163 Å². The second-order valence-corrected chi connectivity index (χ2v) is 6.80. The number of pyridine rings is 1. The van der Waals surface area contributed by atoms with E-state index in [4.69, 9.17) is 14.2 Å². The molecule has 0 saturated heterocycles. The first-order valence-corrected chi connectivity index (χ1v) is 9.64. The highest BCUT2D eigenvalue weighted by Crippen LogP contribution is 2.36. The molecule has 1 aliphatic heterocycles. The van der Waals surface area contributed by atoms with E-state index < -0.39 is 0 Å². The van der Waals surface area contributed by atoms with Crippen LogP contribution in [0, 0.1) is 0 Å². The van der Waals surface area contributed by atoms with Gasteiger partial charge in [0.25, 0.3) is 0 Å². The van der Waals surface area contributed by atoms with Crippen molar-refractivity contribution < 1.29 is 19.0 Å². The molecule has 0 atom stereocenters. The number of rotatable bonds is 8. The van der Waals surface area contributed by atoms with E-state index in [-0.39, 0.29) is 12.8 Å². The van der Waals surface area contributed by atoms with Crippen LogP contribution in [-0.4, -0.2) is 24.4 Å². The fourth-order valence-electron chi connectivity index (χ4n) is 2.67. The maximum Gasteiger partial charge on any atom is 0.339 e. The van der Waals surface area contributed by atoms with Crippen LogP contribution in [0.3, 0.4) is 0 Å². The van der Waals surface area contributed by atoms with Gasteiger partial charge in [-0.3, -0.25) is 4.98 Å². The van der Waals surface area contributed by atoms with Crippen LogP contribution in [0.4, 0.5) is 0 Å². The molecule has 0 radical (unpaired) electrons. The lowest BCUT2D eigenvalue weighted by atomic mass is 10.1. The van der Waals surface area contributed by atoms with Gasteiger partial charge in [-0.05, 0) is 37.1 Å². The van der Waals surface area contributed by atoms with Crippen LogP contribution in [0.25, 0.3) is 5.57 Å². The van der Waals surface area contributed by atoms with Gasteiger partial charge in [0.2, 0.25) is 6.79 Å². The molecule has 6 heteroatoms. The van der Waals surface area contributed by atoms with Crippen LogP contribution in [0.1, 0.15) is 24.5 Å². The number of hydrogen-bond donors (Lipinski definition) is 0. The van der Waals surface area contributed by atoms with Gasteiger partial charge in [0.05, 0.1) is 12.2 Å². The highest BCUT2D eigenvalue weighted by molar-refractivity contribution is 8.02. The predicted molar refractivity (Wildman–Crippen MR) is 106 cm³/mol. The van der Waals surface area contributed by atoms with Gasteiger partial charge in [0.1, 0.15) is 0 Å². The molecule has 2 aromatic rings. The summed E-state index contributed by atoms with van der Waals surface area (Å²) >= 11 is 1.59. The third-order valence-corrected chi connectivity index (χ3v) is 5.09. The molecule has 0 bridgehead atoms. The molecule has 140 valence electrons. The van der Waals surface area contributed by atoms with E-state index in [1.54, 1.807) is 37.2 Å². The van der Waals surface area contributed by atoms with Crippen LogP contribution < -0.4 is 9.47 Å². The summed E-state index contributed by atoms with van der Waals surface area (Å²) in [6, 6.07) is 9.55. The van der Waals surface area contributed by atoms with Crippen molar-refractivity contribution in [2.75, 3.05) is 13.4 Å². The number of nitrogens with zero attached hydrogens (tertiary/aromatic N) is 1. The monoisotopic (exact) mass is 383 g/mol. The fraction of sp³-hybridized carbons (Fsp3) is 0.238. The zero-order valence-corrected chi connectivity index (χ0v) is 16.0. The van der Waals surface area contributed by atoms with Crippen LogP contribution in [0.2, 0.25) is 0 Å². The van der Waals surface area contributed by atoms with Gasteiger partial charge in [0, 0.05) is 28.6 Å². The second kappa shape index (κ2) is 9.28. The number of esters is 1. The summed E-state index contributed by atoms with van der Waals surface area (Å²) in [5, 5.41) is 0. The SMILES string of the molecule is C=CCC(SCc1ccc2c(c1)OCO2)=C(C(=O)OCC)c1cccnc1. The predicted octanol–water partition coefficient (Wildman–Crippen LogP) is 4.59. The summed E-state index contributed by atoms with van der Waals surface area (Å²) < 4.78 is 16.1. The van der Waals surface area contributed by atoms with Crippen molar-refractivity contribution >= 4 is 23.3 Å². The van der Waals surface area contributed by atoms with Crippen LogP contribution >= 0.6 is 11.8 Å². The largest absolute Gasteiger partial charge is 0.462 e. The smallest absolute Gasteiger partial charge is 0.339 e. The standard InChI is InChI=1S/C21H21NO4S/c1-3-6-19(20(21(23)24-4-2)16-7-5-10-22-12-16)27-13-15-8-9-17-18(11-15)26-14-25-17/h3,5,7-12H,1,4,6,13-14H2,2H3. The topological polar surface area (TPSA) is 57.7 Å². The van der Waals surface area contributed by atoms with E-state index in [2.05, 4.69) is 11.6 Å². The Morgan fingerprint density at radius 3 is 2.93 bits per heavy atom. The Morgan fingerprint density at radius 2 is 2.19 bits per heavy atom. The van der Waals surface area contributed by atoms with Gasteiger partial charge in [-0.25, -0.2) is 4.79 Å². The maximum atomic E-state index is 12.6. The highest BCUT2D eigenvalue weighted by atomic mass is 32.2. The Kier molecular flexibility index (Phi) is 6.54. The number of carbonyl (C=O) groups is 1. The van der Waals surface area contributed by atoms with E-state index in [0.29, 0.717) is 24.4 Å². The minimum atomic E-state index is -0.347. The molecule has 1 aromatic heterocycles. The number of ether oxygens (including phenoxy) is 3. The quantitative estimate of drug-likeness (QED) is 0.377. The average molecular weight is 383 g/mol. The molecule has 0 amide bonds. The van der Waals surface area contributed by atoms with Gasteiger partial charge in [0.15, 0.2) is 11.5 Å². The molecule has 0 saturated carbocycles. The van der Waals surface area contributed by atoms with Gasteiger partial charge < -0.3 is 14.2 Å². The van der Waals surface area contributed by atoms with E-state index in [1.165, 1.54) is 0 Å². The molecule has 0 fully saturated rings. The first-order chi connectivity index (χ1) is 13.2. The minimum absolute atomic E-state index is 0.252. The number of allylic oxidation sites excluding steroid dienone is 2. The van der Waals surface area contributed by atoms with Crippen LogP contribution in [0.15, 0.2) is 60.3 Å². The van der Waals surface area contributed by atoms with E-state index in [1.807, 2.05) is 30.3 Å². The second-order valence-electron chi connectivity index (χ2n) is 5.73. The van der Waals surface area contributed by atoms with Crippen molar-refractivity contribution in [3.8, 4) is 11.5 Å². The summed E-state index contributed by atoms with van der Waals surface area (Å²) in [6.45, 7) is 6.20. The normalized spacial score (nSPS) is 13.1. The third-order valence-electron chi connectivity index (χ3n) is 3.89. The number of hydrogen-bond acceptors (Lipinski definition) is 6. The zero-order valence-electron chi connectivity index (χ0n) is 15.1. The molecule has 5 nitrogen and oxygen atoms in total. The first-order valence-electron chi connectivity index (χ1n) is 8.65. The number of carbonyl (C=O) groups excluding carboxylic acids is 1. The molecule has 2 heterocycles. The molecular formula is C21H21NO4S. The van der Waals surface area contributed by atoms with Crippen LogP contribution in [-0.2, 0) is 15.3 Å². The van der Waals surface area contributed by atoms with Crippen molar-refractivity contribution in [2.45, 2.75) is 19.1 Å². The van der Waals surface area contributed by atoms with Crippen molar-refractivity contribution in [1.29, 1.82) is 0 Å². The molecular weight excluding hydrogens is 362 g/mol. The molecule has 0 spiro atoms. The number of aromatic nitrogens is 1. The molecule has 0 N–H and O–H groups in total. The summed E-state index contributed by atoms with van der Waals surface area (Å²) in [6.07, 6.45) is 5.71. The summed E-state index contributed by atoms with van der Waals surface area (Å²) in [4.78, 5) is 17.7. The average Bonchev–Trinajstić information content (AvgIpc) is 3.15. The number of benzene rings is 1. The summed E-state index contributed by atoms with van der Waals surface area (Å²) in [5.74, 6) is 1.84. The lowest BCUT2D eigenvalue weighted by Crippen LogP contribution is -2.09. The lowest BCUT2D eigenvalue weighted by molar-refractivity contribution is -0.136. The van der Waals surface area contributed by atoms with Crippen molar-refractivity contribution in [3.05, 3.63) is 71.4 Å². The first kappa shape index (κ1) is 19.0. The molecule has 1 aliphatic rings. The van der Waals surface area contributed by atoms with Crippen LogP contribution in [0.5, 0.6) is 11.5 Å². The Bertz CT molecular complexity index is 849. The highest BCUT2D eigenvalue weighted by Gasteiger charge is 2.20. The number of fused-ring (bicyclic) bond motifs is 1. The Hall–Kier alpha value is -2.73. The lowest BCUT2D eigenvalue weighted by Gasteiger charge is -2.14. The minimum Gasteiger partial charge on any atom is -0.462 e. The molecule has 0 unspecified atom stereocenters. The molecule has 1 aromatic carbocycles. The Balaban J connectivity index is 1.89. The van der Waals surface area contributed by atoms with Crippen molar-refractivity contribution in [1.82, 2.24) is 4.98 Å². The van der Waals surface area contributed by atoms with Gasteiger partial charge >= 0.3 is 5.97 Å². The van der Waals surface area contributed by atoms with E-state index in [0.717, 1.165) is 27.5 Å². The fourth-order valence-corrected chi connectivity index (χ4v) is 3.77. The van der Waals surface area contributed by atoms with Gasteiger partial charge in [-0.2, -0.15) is 0 Å². The zero-order chi connectivity index (χ0) is 19.1. The summed E-state index contributed by atoms with van der Waals surface area (Å²) in [5.41, 5.74) is 2.36.